The predicted octanol–water partition coefficient (Wildman–Crippen LogP) is 10.6. The van der Waals surface area contributed by atoms with Gasteiger partial charge in [-0.25, -0.2) is 0 Å². The first-order valence-corrected chi connectivity index (χ1v) is 18.5. The van der Waals surface area contributed by atoms with Crippen LogP contribution in [0, 0.1) is 23.7 Å². The van der Waals surface area contributed by atoms with Gasteiger partial charge in [-0.3, -0.25) is 0 Å². The van der Waals surface area contributed by atoms with Gasteiger partial charge in [-0.05, 0) is 80.0 Å². The Morgan fingerprint density at radius 2 is 1.14 bits per heavy atom. The summed E-state index contributed by atoms with van der Waals surface area (Å²) in [6.07, 6.45) is 16.9. The van der Waals surface area contributed by atoms with E-state index in [0.717, 1.165) is 29.3 Å². The molecule has 0 nitrogen and oxygen atoms in total. The van der Waals surface area contributed by atoms with Crippen LogP contribution in [0.2, 0.25) is 0 Å². The highest BCUT2D eigenvalue weighted by Crippen LogP contribution is 2.70. The van der Waals surface area contributed by atoms with Gasteiger partial charge in [-0.15, -0.1) is 0 Å². The van der Waals surface area contributed by atoms with Crippen LogP contribution in [-0.2, 0) is 0 Å². The lowest BCUT2D eigenvalue weighted by Crippen LogP contribution is -2.31. The first kappa shape index (κ1) is 28.9. The van der Waals surface area contributed by atoms with Gasteiger partial charge in [-0.2, -0.15) is 0 Å². The normalized spacial score (nSPS) is 21.4. The van der Waals surface area contributed by atoms with Crippen LogP contribution in [0.3, 0.4) is 0 Å². The van der Waals surface area contributed by atoms with Crippen molar-refractivity contribution in [1.29, 1.82) is 0 Å². The molecule has 0 amide bonds. The van der Waals surface area contributed by atoms with E-state index in [0.29, 0.717) is 0 Å². The van der Waals surface area contributed by atoms with E-state index in [1.807, 2.05) is 0 Å². The van der Waals surface area contributed by atoms with Gasteiger partial charge in [-0.1, -0.05) is 109 Å². The Labute approximate surface area is 226 Å². The number of benzene rings is 2. The molecule has 2 aromatic carbocycles. The van der Waals surface area contributed by atoms with Gasteiger partial charge in [0.25, 0.3) is 0 Å². The summed E-state index contributed by atoms with van der Waals surface area (Å²) < 4.78 is 0. The Hall–Kier alpha value is -0.650. The maximum absolute atomic E-state index is 4.42. The van der Waals surface area contributed by atoms with E-state index in [9.17, 15) is 0 Å². The van der Waals surface area contributed by atoms with E-state index in [2.05, 4.69) is 104 Å². The molecule has 3 rings (SSSR count). The zero-order valence-corrected chi connectivity index (χ0v) is 25.5. The Balaban J connectivity index is 1.45. The molecule has 3 unspecified atom stereocenters. The van der Waals surface area contributed by atoms with Gasteiger partial charge >= 0.3 is 0 Å². The Morgan fingerprint density at radius 1 is 0.686 bits per heavy atom. The molecule has 2 aromatic rings. The molecule has 0 saturated heterocycles. The summed E-state index contributed by atoms with van der Waals surface area (Å²) in [6.45, 7) is 9.74. The molecule has 0 aromatic heterocycles. The third kappa shape index (κ3) is 8.71. The Kier molecular flexibility index (Phi) is 12.3. The van der Waals surface area contributed by atoms with Crippen molar-refractivity contribution in [3.05, 3.63) is 60.7 Å². The second-order valence-corrected chi connectivity index (χ2v) is 18.2. The minimum Gasteiger partial charge on any atom is -0.0651 e. The van der Waals surface area contributed by atoms with Gasteiger partial charge in [0.05, 0.1) is 5.66 Å². The van der Waals surface area contributed by atoms with Crippen LogP contribution >= 0.6 is 21.5 Å². The van der Waals surface area contributed by atoms with Crippen molar-refractivity contribution in [2.75, 3.05) is 0 Å². The van der Waals surface area contributed by atoms with E-state index in [4.69, 9.17) is 0 Å². The predicted molar refractivity (Wildman–Crippen MR) is 164 cm³/mol. The SMILES string of the molecule is CCC(C)CCCC(C)CCCC(C)CC1CCC([P+](Br)(c2ccccc2)c2ccccc2)CC1. The van der Waals surface area contributed by atoms with Crippen LogP contribution in [-0.4, -0.2) is 5.66 Å². The number of hydrogen-bond donors (Lipinski definition) is 0. The lowest BCUT2D eigenvalue weighted by molar-refractivity contribution is 0.284. The second kappa shape index (κ2) is 14.9. The van der Waals surface area contributed by atoms with Crippen molar-refractivity contribution in [3.8, 4) is 0 Å². The monoisotopic (exact) mass is 557 g/mol. The van der Waals surface area contributed by atoms with E-state index in [1.165, 1.54) is 87.7 Å². The van der Waals surface area contributed by atoms with Crippen LogP contribution in [0.15, 0.2) is 60.7 Å². The molecule has 35 heavy (non-hydrogen) atoms. The van der Waals surface area contributed by atoms with E-state index >= 15 is 0 Å². The molecule has 2 heteroatoms. The van der Waals surface area contributed by atoms with Crippen LogP contribution in [0.1, 0.15) is 105 Å². The highest BCUT2D eigenvalue weighted by atomic mass is 79.9. The second-order valence-electron chi connectivity index (χ2n) is 11.8. The molecule has 0 spiro atoms. The van der Waals surface area contributed by atoms with Gasteiger partial charge in [0.15, 0.2) is 21.5 Å². The smallest absolute Gasteiger partial charge is 0.0651 e. The molecule has 0 radical (unpaired) electrons. The highest BCUT2D eigenvalue weighted by Gasteiger charge is 2.49. The molecular weight excluding hydrogens is 507 g/mol. The lowest BCUT2D eigenvalue weighted by Gasteiger charge is -2.35. The first-order valence-electron chi connectivity index (χ1n) is 14.6. The fourth-order valence-corrected chi connectivity index (χ4v) is 12.3. The van der Waals surface area contributed by atoms with Crippen LogP contribution in [0.4, 0.5) is 0 Å². The highest BCUT2D eigenvalue weighted by molar-refractivity contribution is 9.43. The molecule has 0 N–H and O–H groups in total. The molecule has 194 valence electrons. The van der Waals surface area contributed by atoms with Crippen molar-refractivity contribution >= 4 is 32.1 Å². The van der Waals surface area contributed by atoms with Crippen molar-refractivity contribution in [3.63, 3.8) is 0 Å². The lowest BCUT2D eigenvalue weighted by atomic mass is 9.81. The van der Waals surface area contributed by atoms with Crippen LogP contribution in [0.25, 0.3) is 0 Å². The quantitative estimate of drug-likeness (QED) is 0.202. The minimum atomic E-state index is -1.54. The molecule has 1 fully saturated rings. The summed E-state index contributed by atoms with van der Waals surface area (Å²) in [7, 11) is 0. The summed E-state index contributed by atoms with van der Waals surface area (Å²) in [6, 6.07) is 22.6. The maximum atomic E-state index is 4.42. The fourth-order valence-electron chi connectivity index (χ4n) is 6.26. The standard InChI is InChI=1S/C33H51BrP/c1-5-27(2)14-12-15-28(3)16-13-17-29(4)26-30-22-24-33(25-23-30)35(34,31-18-8-6-9-19-31)32-20-10-7-11-21-32/h6-11,18-21,27-30,33H,5,12-17,22-26H2,1-4H3/q+1. The largest absolute Gasteiger partial charge is 0.151 e. The molecule has 1 aliphatic rings. The van der Waals surface area contributed by atoms with E-state index in [-0.39, 0.29) is 0 Å². The molecule has 0 bridgehead atoms. The average Bonchev–Trinajstić information content (AvgIpc) is 2.89. The topological polar surface area (TPSA) is 0 Å². The van der Waals surface area contributed by atoms with Gasteiger partial charge in [0, 0.05) is 0 Å². The average molecular weight is 559 g/mol. The zero-order chi connectivity index (χ0) is 25.1. The Morgan fingerprint density at radius 3 is 1.63 bits per heavy atom. The van der Waals surface area contributed by atoms with Crippen LogP contribution in [0.5, 0.6) is 0 Å². The molecule has 0 aliphatic heterocycles. The fraction of sp³-hybridized carbons (Fsp3) is 0.636. The Bertz CT molecular complexity index is 772. The summed E-state index contributed by atoms with van der Waals surface area (Å²) in [5.41, 5.74) is 0.759. The molecule has 3 atom stereocenters. The van der Waals surface area contributed by atoms with Gasteiger partial charge < -0.3 is 0 Å². The van der Waals surface area contributed by atoms with E-state index < -0.39 is 5.96 Å². The van der Waals surface area contributed by atoms with E-state index in [1.54, 1.807) is 0 Å². The van der Waals surface area contributed by atoms with Crippen LogP contribution < -0.4 is 10.6 Å². The van der Waals surface area contributed by atoms with Gasteiger partial charge in [0.1, 0.15) is 10.6 Å². The van der Waals surface area contributed by atoms with Crippen molar-refractivity contribution in [2.24, 2.45) is 23.7 Å². The molecule has 0 heterocycles. The summed E-state index contributed by atoms with van der Waals surface area (Å²) >= 11 is 4.42. The maximum Gasteiger partial charge on any atom is 0.151 e. The summed E-state index contributed by atoms with van der Waals surface area (Å²) in [5.74, 6) is 2.09. The molecule has 1 saturated carbocycles. The number of halogens is 1. The summed E-state index contributed by atoms with van der Waals surface area (Å²) in [4.78, 5) is 0. The van der Waals surface area contributed by atoms with Crippen molar-refractivity contribution in [1.82, 2.24) is 0 Å². The third-order valence-electron chi connectivity index (χ3n) is 8.80. The zero-order valence-electron chi connectivity index (χ0n) is 23.0. The minimum absolute atomic E-state index is 0.759. The number of rotatable bonds is 14. The molecule has 1 aliphatic carbocycles. The third-order valence-corrected chi connectivity index (χ3v) is 16.6. The summed E-state index contributed by atoms with van der Waals surface area (Å²) in [5, 5.41) is 3.03. The molecular formula is C33H51BrP+. The van der Waals surface area contributed by atoms with Crippen molar-refractivity contribution < 1.29 is 0 Å². The van der Waals surface area contributed by atoms with Crippen molar-refractivity contribution in [2.45, 2.75) is 110 Å². The van der Waals surface area contributed by atoms with Gasteiger partial charge in [0.2, 0.25) is 0 Å². The number of hydrogen-bond acceptors (Lipinski definition) is 0. The first-order chi connectivity index (χ1) is 16.9.